The van der Waals surface area contributed by atoms with Crippen LogP contribution in [0.3, 0.4) is 0 Å². The molecule has 1 aliphatic rings. The van der Waals surface area contributed by atoms with Crippen LogP contribution < -0.4 is 5.32 Å². The van der Waals surface area contributed by atoms with E-state index in [9.17, 15) is 4.79 Å². The fraction of sp³-hybridized carbons (Fsp3) is 0.538. The van der Waals surface area contributed by atoms with Crippen LogP contribution >= 0.6 is 11.6 Å². The number of ether oxygens (including phenoxy) is 1. The average molecular weight is 284 g/mol. The number of nitrogens with zero attached hydrogens (tertiary/aromatic N) is 2. The summed E-state index contributed by atoms with van der Waals surface area (Å²) in [5.41, 5.74) is 0. The quantitative estimate of drug-likeness (QED) is 0.927. The van der Waals surface area contributed by atoms with Crippen LogP contribution in [0.4, 0.5) is 10.6 Å². The van der Waals surface area contributed by atoms with Crippen molar-refractivity contribution in [3.05, 3.63) is 23.4 Å². The molecule has 0 saturated carbocycles. The van der Waals surface area contributed by atoms with Gasteiger partial charge in [-0.15, -0.1) is 0 Å². The minimum absolute atomic E-state index is 0.225. The summed E-state index contributed by atoms with van der Waals surface area (Å²) in [5.74, 6) is 0.707. The number of likely N-dealkylation sites (tertiary alicyclic amines) is 1. The van der Waals surface area contributed by atoms with E-state index in [0.717, 1.165) is 12.8 Å². The van der Waals surface area contributed by atoms with Crippen molar-refractivity contribution in [2.45, 2.75) is 25.8 Å². The third kappa shape index (κ3) is 3.73. The van der Waals surface area contributed by atoms with Crippen molar-refractivity contribution in [1.29, 1.82) is 0 Å². The number of amides is 1. The van der Waals surface area contributed by atoms with Crippen LogP contribution in [0, 0.1) is 0 Å². The van der Waals surface area contributed by atoms with Gasteiger partial charge in [0.1, 0.15) is 5.82 Å². The summed E-state index contributed by atoms with van der Waals surface area (Å²) in [6.45, 7) is 3.62. The summed E-state index contributed by atoms with van der Waals surface area (Å²) in [4.78, 5) is 17.5. The van der Waals surface area contributed by atoms with Gasteiger partial charge in [0.2, 0.25) is 0 Å². The number of hydrogen-bond donors (Lipinski definition) is 1. The monoisotopic (exact) mass is 283 g/mol. The first-order valence-electron chi connectivity index (χ1n) is 6.49. The molecule has 0 aliphatic carbocycles. The number of halogens is 1. The van der Waals surface area contributed by atoms with Crippen molar-refractivity contribution < 1.29 is 9.53 Å². The summed E-state index contributed by atoms with van der Waals surface area (Å²) in [5, 5.41) is 3.94. The molecule has 1 aromatic rings. The largest absolute Gasteiger partial charge is 0.450 e. The molecular formula is C13H18ClN3O2. The highest BCUT2D eigenvalue weighted by molar-refractivity contribution is 6.32. The van der Waals surface area contributed by atoms with Crippen molar-refractivity contribution in [1.82, 2.24) is 9.88 Å². The van der Waals surface area contributed by atoms with Crippen molar-refractivity contribution in [2.75, 3.05) is 25.0 Å². The molecule has 0 spiro atoms. The smallest absolute Gasteiger partial charge is 0.409 e. The van der Waals surface area contributed by atoms with Crippen LogP contribution in [0.25, 0.3) is 0 Å². The maximum Gasteiger partial charge on any atom is 0.409 e. The summed E-state index contributed by atoms with van der Waals surface area (Å²) in [7, 11) is 0. The Morgan fingerprint density at radius 3 is 2.95 bits per heavy atom. The van der Waals surface area contributed by atoms with Gasteiger partial charge in [-0.25, -0.2) is 9.78 Å². The van der Waals surface area contributed by atoms with E-state index in [1.54, 1.807) is 17.2 Å². The Morgan fingerprint density at radius 1 is 1.58 bits per heavy atom. The first-order chi connectivity index (χ1) is 9.20. The maximum atomic E-state index is 11.6. The van der Waals surface area contributed by atoms with E-state index in [1.807, 2.05) is 13.0 Å². The molecule has 0 radical (unpaired) electrons. The molecule has 19 heavy (non-hydrogen) atoms. The molecule has 1 aromatic heterocycles. The zero-order valence-electron chi connectivity index (χ0n) is 10.9. The Bertz CT molecular complexity index is 434. The van der Waals surface area contributed by atoms with Gasteiger partial charge in [0.05, 0.1) is 11.6 Å². The second-order valence-corrected chi connectivity index (χ2v) is 4.85. The second kappa shape index (κ2) is 6.61. The molecule has 1 aliphatic heterocycles. The van der Waals surface area contributed by atoms with Gasteiger partial charge in [-0.1, -0.05) is 11.6 Å². The van der Waals surface area contributed by atoms with Gasteiger partial charge in [-0.05, 0) is 31.9 Å². The van der Waals surface area contributed by atoms with Gasteiger partial charge in [-0.2, -0.15) is 0 Å². The SMILES string of the molecule is CCOC(=O)N1CCC(Nc2ncccc2Cl)CC1. The van der Waals surface area contributed by atoms with Gasteiger partial charge in [0.25, 0.3) is 0 Å². The lowest BCUT2D eigenvalue weighted by molar-refractivity contribution is 0.0983. The Kier molecular flexibility index (Phi) is 4.85. The van der Waals surface area contributed by atoms with Crippen LogP contribution in [0.5, 0.6) is 0 Å². The van der Waals surface area contributed by atoms with Gasteiger partial charge < -0.3 is 15.0 Å². The Hall–Kier alpha value is -1.49. The summed E-state index contributed by atoms with van der Waals surface area (Å²) in [6.07, 6.45) is 3.22. The standard InChI is InChI=1S/C13H18ClN3O2/c1-2-19-13(18)17-8-5-10(6-9-17)16-12-11(14)4-3-7-15-12/h3-4,7,10H,2,5-6,8-9H2,1H3,(H,15,16). The lowest BCUT2D eigenvalue weighted by Crippen LogP contribution is -2.42. The zero-order valence-corrected chi connectivity index (χ0v) is 11.7. The van der Waals surface area contributed by atoms with Gasteiger partial charge >= 0.3 is 6.09 Å². The molecule has 1 fully saturated rings. The molecule has 104 valence electrons. The molecule has 0 atom stereocenters. The molecule has 2 rings (SSSR count). The van der Waals surface area contributed by atoms with E-state index in [1.165, 1.54) is 0 Å². The van der Waals surface area contributed by atoms with E-state index in [-0.39, 0.29) is 12.1 Å². The minimum Gasteiger partial charge on any atom is -0.450 e. The number of aromatic nitrogens is 1. The highest BCUT2D eigenvalue weighted by Gasteiger charge is 2.23. The van der Waals surface area contributed by atoms with E-state index in [2.05, 4.69) is 10.3 Å². The highest BCUT2D eigenvalue weighted by Crippen LogP contribution is 2.21. The van der Waals surface area contributed by atoms with Gasteiger partial charge in [-0.3, -0.25) is 0 Å². The molecule has 2 heterocycles. The minimum atomic E-state index is -0.225. The van der Waals surface area contributed by atoms with Crippen LogP contribution in [0.1, 0.15) is 19.8 Å². The van der Waals surface area contributed by atoms with Crippen LogP contribution in [-0.2, 0) is 4.74 Å². The molecular weight excluding hydrogens is 266 g/mol. The third-order valence-electron chi connectivity index (χ3n) is 3.12. The molecule has 1 saturated heterocycles. The molecule has 0 unspecified atom stereocenters. The maximum absolute atomic E-state index is 11.6. The molecule has 1 amide bonds. The van der Waals surface area contributed by atoms with Crippen LogP contribution in [-0.4, -0.2) is 41.7 Å². The summed E-state index contributed by atoms with van der Waals surface area (Å²) < 4.78 is 4.99. The average Bonchev–Trinajstić information content (AvgIpc) is 2.42. The fourth-order valence-electron chi connectivity index (χ4n) is 2.11. The number of pyridine rings is 1. The van der Waals surface area contributed by atoms with Crippen molar-refractivity contribution in [2.24, 2.45) is 0 Å². The Labute approximate surface area is 117 Å². The number of hydrogen-bond acceptors (Lipinski definition) is 4. The van der Waals surface area contributed by atoms with Crippen molar-refractivity contribution in [3.63, 3.8) is 0 Å². The number of anilines is 1. The molecule has 6 heteroatoms. The van der Waals surface area contributed by atoms with E-state index < -0.39 is 0 Å². The van der Waals surface area contributed by atoms with Crippen molar-refractivity contribution in [3.8, 4) is 0 Å². The van der Waals surface area contributed by atoms with Gasteiger partial charge in [0.15, 0.2) is 0 Å². The first-order valence-corrected chi connectivity index (χ1v) is 6.87. The van der Waals surface area contributed by atoms with Crippen LogP contribution in [0.15, 0.2) is 18.3 Å². The zero-order chi connectivity index (χ0) is 13.7. The van der Waals surface area contributed by atoms with Crippen molar-refractivity contribution >= 4 is 23.5 Å². The number of nitrogens with one attached hydrogen (secondary N) is 1. The lowest BCUT2D eigenvalue weighted by Gasteiger charge is -2.31. The number of carbonyl (C=O) groups excluding carboxylic acids is 1. The van der Waals surface area contributed by atoms with E-state index in [0.29, 0.717) is 30.5 Å². The number of piperidine rings is 1. The van der Waals surface area contributed by atoms with E-state index in [4.69, 9.17) is 16.3 Å². The number of rotatable bonds is 3. The normalized spacial score (nSPS) is 16.2. The fourth-order valence-corrected chi connectivity index (χ4v) is 2.28. The number of carbonyl (C=O) groups is 1. The third-order valence-corrected chi connectivity index (χ3v) is 3.43. The van der Waals surface area contributed by atoms with Crippen LogP contribution in [0.2, 0.25) is 5.02 Å². The Morgan fingerprint density at radius 2 is 2.32 bits per heavy atom. The summed E-state index contributed by atoms with van der Waals surface area (Å²) in [6, 6.07) is 3.90. The van der Waals surface area contributed by atoms with Gasteiger partial charge in [0, 0.05) is 25.3 Å². The highest BCUT2D eigenvalue weighted by atomic mass is 35.5. The predicted octanol–water partition coefficient (Wildman–Crippen LogP) is 2.77. The molecule has 0 aromatic carbocycles. The second-order valence-electron chi connectivity index (χ2n) is 4.44. The predicted molar refractivity (Wildman–Crippen MR) is 74.5 cm³/mol. The Balaban J connectivity index is 1.84. The van der Waals surface area contributed by atoms with E-state index >= 15 is 0 Å². The molecule has 1 N–H and O–H groups in total. The first kappa shape index (κ1) is 13.9. The summed E-state index contributed by atoms with van der Waals surface area (Å²) >= 11 is 6.05. The molecule has 0 bridgehead atoms. The molecule has 5 nitrogen and oxygen atoms in total. The topological polar surface area (TPSA) is 54.5 Å². The lowest BCUT2D eigenvalue weighted by atomic mass is 10.1.